The predicted molar refractivity (Wildman–Crippen MR) is 172 cm³/mol. The number of sulfone groups is 1. The molecule has 0 saturated heterocycles. The summed E-state index contributed by atoms with van der Waals surface area (Å²) in [6.07, 6.45) is -2.39. The Balaban J connectivity index is 1.64. The fourth-order valence-corrected chi connectivity index (χ4v) is 6.37. The summed E-state index contributed by atoms with van der Waals surface area (Å²) in [5.74, 6) is -4.30. The fourth-order valence-electron chi connectivity index (χ4n) is 5.26. The molecule has 0 bridgehead atoms. The molecule has 4 aromatic rings. The van der Waals surface area contributed by atoms with Crippen molar-refractivity contribution in [1.29, 1.82) is 0 Å². The number of alkyl halides is 3. The van der Waals surface area contributed by atoms with Crippen LogP contribution in [0.15, 0.2) is 77.8 Å². The van der Waals surface area contributed by atoms with Crippen molar-refractivity contribution in [2.75, 3.05) is 22.1 Å². The van der Waals surface area contributed by atoms with Crippen LogP contribution in [0.4, 0.5) is 30.4 Å². The van der Waals surface area contributed by atoms with Crippen LogP contribution in [-0.2, 0) is 41.2 Å². The number of pyridine rings is 1. The lowest BCUT2D eigenvalue weighted by molar-refractivity contribution is -0.213. The minimum atomic E-state index is -5.49. The molecule has 1 aliphatic rings. The van der Waals surface area contributed by atoms with Crippen molar-refractivity contribution in [3.8, 4) is 0 Å². The number of hydrogen-bond donors (Lipinski definition) is 4. The molecule has 1 heterocycles. The van der Waals surface area contributed by atoms with Crippen LogP contribution in [0.3, 0.4) is 0 Å². The molecule has 1 saturated carbocycles. The number of rotatable bonds is 11. The molecule has 48 heavy (non-hydrogen) atoms. The topological polar surface area (TPSA) is 170 Å². The number of nitrogen functional groups attached to an aromatic ring is 1. The minimum Gasteiger partial charge on any atom is -0.418 e. The fraction of sp³-hybridized carbons (Fsp3) is 0.273. The van der Waals surface area contributed by atoms with Crippen molar-refractivity contribution >= 4 is 55.6 Å². The van der Waals surface area contributed by atoms with E-state index in [0.29, 0.717) is 10.8 Å². The molecule has 0 aliphatic heterocycles. The maximum absolute atomic E-state index is 14.3. The average Bonchev–Trinajstić information content (AvgIpc) is 3.88. The third-order valence-corrected chi connectivity index (χ3v) is 9.62. The molecule has 0 spiro atoms. The number of anilines is 3. The number of halogens is 3. The van der Waals surface area contributed by atoms with E-state index in [1.54, 1.807) is 24.3 Å². The van der Waals surface area contributed by atoms with Gasteiger partial charge in [0.25, 0.3) is 11.6 Å². The number of nitrogens with zero attached hydrogens (tertiary/aromatic N) is 1. The number of amides is 2. The highest BCUT2D eigenvalue weighted by atomic mass is 32.2. The van der Waals surface area contributed by atoms with Crippen molar-refractivity contribution < 1.29 is 40.7 Å². The van der Waals surface area contributed by atoms with E-state index in [1.807, 2.05) is 0 Å². The van der Waals surface area contributed by atoms with E-state index in [-0.39, 0.29) is 44.9 Å². The highest BCUT2D eigenvalue weighted by Crippen LogP contribution is 2.42. The van der Waals surface area contributed by atoms with Crippen molar-refractivity contribution in [3.05, 3.63) is 89.6 Å². The van der Waals surface area contributed by atoms with Gasteiger partial charge in [-0.25, -0.2) is 18.2 Å². The summed E-state index contributed by atoms with van der Waals surface area (Å²) in [6.45, 7) is 2.14. The minimum absolute atomic E-state index is 0.0351. The Morgan fingerprint density at radius 3 is 2.40 bits per heavy atom. The van der Waals surface area contributed by atoms with Crippen LogP contribution in [0, 0.1) is 0 Å². The van der Waals surface area contributed by atoms with Crippen LogP contribution in [0.25, 0.3) is 10.8 Å². The Morgan fingerprint density at radius 2 is 1.73 bits per heavy atom. The summed E-state index contributed by atoms with van der Waals surface area (Å²) >= 11 is 0. The number of benzene rings is 3. The molecule has 1 aliphatic carbocycles. The normalized spacial score (nSPS) is 14.5. The summed E-state index contributed by atoms with van der Waals surface area (Å²) < 4.78 is 72.5. The van der Waals surface area contributed by atoms with Crippen molar-refractivity contribution in [2.24, 2.45) is 0 Å². The molecule has 5 N–H and O–H groups in total. The summed E-state index contributed by atoms with van der Waals surface area (Å²) in [6, 6.07) is 16.2. The zero-order valence-electron chi connectivity index (χ0n) is 25.9. The Morgan fingerprint density at radius 1 is 1.00 bits per heavy atom. The molecule has 252 valence electrons. The summed E-state index contributed by atoms with van der Waals surface area (Å²) in [5, 5.41) is 8.83. The molecule has 5 rings (SSSR count). The van der Waals surface area contributed by atoms with Crippen LogP contribution in [0.1, 0.15) is 49.3 Å². The number of esters is 1. The number of ether oxygens (including phenoxy) is 1. The first kappa shape index (κ1) is 34.2. The first-order valence-corrected chi connectivity index (χ1v) is 16.5. The third-order valence-electron chi connectivity index (χ3n) is 7.79. The van der Waals surface area contributed by atoms with Crippen LogP contribution >= 0.6 is 0 Å². The molecule has 11 nitrogen and oxygen atoms in total. The largest absolute Gasteiger partial charge is 0.491 e. The quantitative estimate of drug-likeness (QED) is 0.124. The Hall–Kier alpha value is -5.18. The molecule has 3 aromatic carbocycles. The number of nitrogens with two attached hydrogens (primary N) is 1. The Labute approximate surface area is 274 Å². The number of aromatic nitrogens is 1. The van der Waals surface area contributed by atoms with E-state index in [9.17, 15) is 36.0 Å². The highest BCUT2D eigenvalue weighted by Gasteiger charge is 2.52. The molecular weight excluding hydrogens is 651 g/mol. The maximum Gasteiger partial charge on any atom is 0.491 e. The summed E-state index contributed by atoms with van der Waals surface area (Å²) in [4.78, 5) is 42.5. The van der Waals surface area contributed by atoms with Crippen LogP contribution in [0.2, 0.25) is 0 Å². The van der Waals surface area contributed by atoms with E-state index >= 15 is 0 Å². The van der Waals surface area contributed by atoms with E-state index in [1.165, 1.54) is 62.5 Å². The monoisotopic (exact) mass is 683 g/mol. The lowest BCUT2D eigenvalue weighted by atomic mass is 9.96. The predicted octanol–water partition coefficient (Wildman–Crippen LogP) is 5.13. The molecule has 1 fully saturated rings. The van der Waals surface area contributed by atoms with Gasteiger partial charge < -0.3 is 26.4 Å². The molecule has 1 unspecified atom stereocenters. The lowest BCUT2D eigenvalue weighted by Crippen LogP contribution is -2.54. The number of fused-ring (bicyclic) bond motifs is 1. The first-order valence-electron chi connectivity index (χ1n) is 14.9. The number of carbonyl (C=O) groups is 3. The maximum atomic E-state index is 14.3. The molecule has 2 amide bonds. The lowest BCUT2D eigenvalue weighted by Gasteiger charge is -2.34. The zero-order chi connectivity index (χ0) is 34.9. The van der Waals surface area contributed by atoms with E-state index < -0.39 is 46.1 Å². The van der Waals surface area contributed by atoms with Crippen LogP contribution in [-0.4, -0.2) is 43.1 Å². The SMILES string of the molecule is CCS(=O)(=O)c1ccc(NC(C)=O)cc1CNC(=O)C(Nc1ccc2c(N)nccc2c1)(OC(=O)C(F)(F)F)c1cccc(C2CC2)c1. The molecule has 0 radical (unpaired) electrons. The van der Waals surface area contributed by atoms with Gasteiger partial charge in [-0.2, -0.15) is 13.2 Å². The van der Waals surface area contributed by atoms with Gasteiger partial charge in [-0.3, -0.25) is 9.59 Å². The second-order valence-corrected chi connectivity index (χ2v) is 13.6. The Bertz CT molecular complexity index is 2020. The van der Waals surface area contributed by atoms with Gasteiger partial charge in [-0.15, -0.1) is 0 Å². The molecular formula is C33H32F3N5O6S. The van der Waals surface area contributed by atoms with Crippen molar-refractivity contribution in [1.82, 2.24) is 10.3 Å². The van der Waals surface area contributed by atoms with E-state index in [0.717, 1.165) is 18.4 Å². The van der Waals surface area contributed by atoms with Gasteiger partial charge >= 0.3 is 12.1 Å². The molecule has 1 aromatic heterocycles. The number of nitrogens with one attached hydrogen (secondary N) is 3. The van der Waals surface area contributed by atoms with Gasteiger partial charge in [-0.05, 0) is 83.8 Å². The van der Waals surface area contributed by atoms with E-state index in [2.05, 4.69) is 20.9 Å². The second-order valence-electron chi connectivity index (χ2n) is 11.3. The first-order chi connectivity index (χ1) is 22.6. The van der Waals surface area contributed by atoms with Crippen LogP contribution in [0.5, 0.6) is 0 Å². The van der Waals surface area contributed by atoms with Crippen molar-refractivity contribution in [3.63, 3.8) is 0 Å². The standard InChI is InChI=1S/C33H32F3N5O6S/c1-3-48(45,46)28-12-10-25(40-19(2)42)17-23(28)18-39-30(43)32(47-31(44)33(34,35)36,24-6-4-5-21(15-24)20-7-8-20)41-26-9-11-27-22(16-26)13-14-38-29(27)37/h4-6,9-17,20,41H,3,7-8,18H2,1-2H3,(H2,37,38)(H,39,43)(H,40,42). The number of carbonyl (C=O) groups excluding carboxylic acids is 3. The average molecular weight is 684 g/mol. The third kappa shape index (κ3) is 7.35. The van der Waals surface area contributed by atoms with Gasteiger partial charge in [0, 0.05) is 42.0 Å². The van der Waals surface area contributed by atoms with Gasteiger partial charge in [0.05, 0.1) is 10.6 Å². The van der Waals surface area contributed by atoms with Gasteiger partial charge in [0.2, 0.25) is 5.91 Å². The molecule has 15 heteroatoms. The number of hydrogen-bond acceptors (Lipinski definition) is 9. The molecule has 1 atom stereocenters. The zero-order valence-corrected chi connectivity index (χ0v) is 26.7. The summed E-state index contributed by atoms with van der Waals surface area (Å²) in [5.41, 5.74) is 4.13. The second kappa shape index (κ2) is 13.1. The van der Waals surface area contributed by atoms with Crippen molar-refractivity contribution in [2.45, 2.75) is 55.9 Å². The van der Waals surface area contributed by atoms with Gasteiger partial charge in [-0.1, -0.05) is 25.1 Å². The van der Waals surface area contributed by atoms with Crippen LogP contribution < -0.4 is 21.7 Å². The Kier molecular flexibility index (Phi) is 9.35. The van der Waals surface area contributed by atoms with Gasteiger partial charge in [0.15, 0.2) is 9.84 Å². The van der Waals surface area contributed by atoms with E-state index in [4.69, 9.17) is 10.5 Å². The summed E-state index contributed by atoms with van der Waals surface area (Å²) in [7, 11) is -3.86. The highest BCUT2D eigenvalue weighted by molar-refractivity contribution is 7.91. The smallest absolute Gasteiger partial charge is 0.418 e. The van der Waals surface area contributed by atoms with Gasteiger partial charge in [0.1, 0.15) is 5.82 Å².